The summed E-state index contributed by atoms with van der Waals surface area (Å²) in [6, 6.07) is 2.07. The van der Waals surface area contributed by atoms with Crippen LogP contribution < -0.4 is 21.3 Å². The molecular formula is C48H56F2N14O5. The molecule has 3 amide bonds. The van der Waals surface area contributed by atoms with Gasteiger partial charge in [0.25, 0.3) is 0 Å². The Morgan fingerprint density at radius 1 is 0.870 bits per heavy atom. The number of piperazine rings is 1. The first kappa shape index (κ1) is 43.9. The Labute approximate surface area is 396 Å². The molecular weight excluding hydrogens is 891 g/mol. The molecule has 0 spiro atoms. The maximum atomic E-state index is 15.3. The highest BCUT2D eigenvalue weighted by Crippen LogP contribution is 2.63. The molecule has 4 N–H and O–H groups in total. The number of nitrogen functional groups attached to an aromatic ring is 1. The van der Waals surface area contributed by atoms with Gasteiger partial charge in [-0.3, -0.25) is 24.7 Å². The number of nitrogens with one attached hydrogen (secondary N) is 2. The second-order valence-corrected chi connectivity index (χ2v) is 20.2. The van der Waals surface area contributed by atoms with Crippen molar-refractivity contribution < 1.29 is 32.4 Å². The summed E-state index contributed by atoms with van der Waals surface area (Å²) in [7, 11) is 0. The highest BCUT2D eigenvalue weighted by Gasteiger charge is 2.59. The van der Waals surface area contributed by atoms with E-state index < -0.39 is 23.6 Å². The lowest BCUT2D eigenvalue weighted by Crippen LogP contribution is -2.59. The molecule has 4 aliphatic carbocycles. The minimum atomic E-state index is -0.727. The van der Waals surface area contributed by atoms with Crippen molar-refractivity contribution >= 4 is 46.1 Å². The number of amides is 3. The molecule has 8 heterocycles. The first-order chi connectivity index (χ1) is 33.6. The predicted octanol–water partition coefficient (Wildman–Crippen LogP) is 5.00. The smallest absolute Gasteiger partial charge is 0.409 e. The summed E-state index contributed by atoms with van der Waals surface area (Å²) in [4.78, 5) is 63.8. The number of likely N-dealkylation sites (tertiary alicyclic amines) is 2. The third-order valence-corrected chi connectivity index (χ3v) is 15.9. The second kappa shape index (κ2) is 17.6. The van der Waals surface area contributed by atoms with E-state index in [1.807, 2.05) is 17.1 Å². The number of imide groups is 1. The summed E-state index contributed by atoms with van der Waals surface area (Å²) in [5.74, 6) is 0.637. The summed E-state index contributed by atoms with van der Waals surface area (Å²) < 4.78 is 44.4. The van der Waals surface area contributed by atoms with Gasteiger partial charge in [-0.2, -0.15) is 5.10 Å². The van der Waals surface area contributed by atoms with E-state index in [0.717, 1.165) is 99.3 Å². The molecule has 4 saturated carbocycles. The van der Waals surface area contributed by atoms with Crippen molar-refractivity contribution in [1.29, 1.82) is 0 Å². The molecule has 69 heavy (non-hydrogen) atoms. The van der Waals surface area contributed by atoms with Crippen LogP contribution in [0.3, 0.4) is 0 Å². The highest BCUT2D eigenvalue weighted by molar-refractivity contribution is 6.02. The molecule has 1 aromatic carbocycles. The van der Waals surface area contributed by atoms with E-state index in [0.29, 0.717) is 86.9 Å². The largest absolute Gasteiger partial charge is 0.448 e. The van der Waals surface area contributed by atoms with Gasteiger partial charge < -0.3 is 30.1 Å². The summed E-state index contributed by atoms with van der Waals surface area (Å²) in [5, 5.41) is 15.5. The van der Waals surface area contributed by atoms with Gasteiger partial charge in [-0.25, -0.2) is 38.2 Å². The van der Waals surface area contributed by atoms with Crippen molar-refractivity contribution in [3.05, 3.63) is 53.8 Å². The van der Waals surface area contributed by atoms with Crippen LogP contribution in [0, 0.1) is 17.6 Å². The van der Waals surface area contributed by atoms with Crippen LogP contribution in [-0.4, -0.2) is 145 Å². The second-order valence-electron chi connectivity index (χ2n) is 20.2. The number of nitrogens with zero attached hydrogens (tertiary/aromatic N) is 11. The molecule has 8 fully saturated rings. The topological polar surface area (TPSA) is 219 Å². The lowest BCUT2D eigenvalue weighted by Gasteiger charge is -2.61. The monoisotopic (exact) mass is 946 g/mol. The van der Waals surface area contributed by atoms with Crippen LogP contribution in [-0.2, 0) is 19.9 Å². The number of fused-ring (bicyclic) bond motifs is 1. The molecule has 19 nitrogen and oxygen atoms in total. The van der Waals surface area contributed by atoms with E-state index in [1.54, 1.807) is 9.80 Å². The number of nitrogens with two attached hydrogens (primary N) is 1. The van der Waals surface area contributed by atoms with Crippen molar-refractivity contribution in [2.75, 3.05) is 81.5 Å². The van der Waals surface area contributed by atoms with Gasteiger partial charge in [0.05, 0.1) is 16.5 Å². The number of halogens is 2. The third-order valence-electron chi connectivity index (χ3n) is 15.9. The molecule has 0 radical (unpaired) electrons. The number of carbonyl (C=O) groups excluding carboxylic acids is 3. The number of carbonyl (C=O) groups is 3. The number of hydrogen-bond donors (Lipinski definition) is 3. The van der Waals surface area contributed by atoms with Crippen molar-refractivity contribution in [1.82, 2.24) is 54.9 Å². The zero-order valence-corrected chi connectivity index (χ0v) is 38.4. The van der Waals surface area contributed by atoms with Gasteiger partial charge in [-0.15, -0.1) is 0 Å². The molecule has 21 heteroatoms. The highest BCUT2D eigenvalue weighted by atomic mass is 19.1. The number of rotatable bonds is 12. The molecule has 13 rings (SSSR count). The zero-order chi connectivity index (χ0) is 47.0. The quantitative estimate of drug-likeness (QED) is 0.140. The van der Waals surface area contributed by atoms with Crippen molar-refractivity contribution in [3.63, 3.8) is 0 Å². The predicted molar refractivity (Wildman–Crippen MR) is 248 cm³/mol. The van der Waals surface area contributed by atoms with E-state index in [4.69, 9.17) is 30.1 Å². The number of hydrogen-bond acceptors (Lipinski definition) is 16. The number of aromatic nitrogens is 7. The van der Waals surface area contributed by atoms with Gasteiger partial charge in [-0.1, -0.05) is 5.16 Å². The fraction of sp³-hybridized carbons (Fsp3) is 0.562. The van der Waals surface area contributed by atoms with E-state index in [2.05, 4.69) is 35.6 Å². The fourth-order valence-electron chi connectivity index (χ4n) is 11.7. The van der Waals surface area contributed by atoms with E-state index >= 15 is 8.78 Å². The molecule has 4 aromatic heterocycles. The lowest BCUT2D eigenvalue weighted by molar-refractivity contribution is -0.133. The Hall–Kier alpha value is -6.35. The maximum absolute atomic E-state index is 15.3. The zero-order valence-electron chi connectivity index (χ0n) is 38.4. The van der Waals surface area contributed by atoms with Gasteiger partial charge in [0.15, 0.2) is 28.9 Å². The van der Waals surface area contributed by atoms with Crippen LogP contribution in [0.5, 0.6) is 0 Å². The molecule has 1 unspecified atom stereocenters. The average Bonchev–Trinajstić information content (AvgIpc) is 3.97. The first-order valence-electron chi connectivity index (χ1n) is 24.6. The molecule has 362 valence electrons. The van der Waals surface area contributed by atoms with Crippen LogP contribution in [0.4, 0.5) is 30.8 Å². The Kier molecular flexibility index (Phi) is 11.2. The minimum Gasteiger partial charge on any atom is -0.448 e. The first-order valence-corrected chi connectivity index (χ1v) is 24.6. The van der Waals surface area contributed by atoms with Crippen molar-refractivity contribution in [2.45, 2.75) is 100 Å². The van der Waals surface area contributed by atoms with Gasteiger partial charge in [-0.05, 0) is 107 Å². The lowest BCUT2D eigenvalue weighted by atomic mass is 9.50. The summed E-state index contributed by atoms with van der Waals surface area (Å²) in [6.45, 7) is 6.28. The number of ether oxygens (including phenoxy) is 1. The fourth-order valence-corrected chi connectivity index (χ4v) is 11.7. The van der Waals surface area contributed by atoms with Crippen LogP contribution in [0.15, 0.2) is 35.4 Å². The standard InChI is InChI=1S/C48H56F2N14O5/c49-33-19-31(56-35-3-4-36(65)57-46(35)66)20-34(50)41(33)62-15-13-61(14-16-62)32-7-9-60(10-8-32)17-18-68-47(67)63-11-5-28(6-12-63)30-24-52-44(53-25-30)37-40(59-69-42(37)29-1-2-29)39-38-43(51)54-26-55-45(38)64(58-39)48-21-27(22-48)23-48/h19-20,24-29,32,35,56H,1-18,21-23H2,(H2,51,54,55)(H,57,65,66). The number of piperidine rings is 3. The van der Waals surface area contributed by atoms with Gasteiger partial charge >= 0.3 is 6.09 Å². The van der Waals surface area contributed by atoms with Crippen LogP contribution >= 0.6 is 0 Å². The number of benzene rings is 1. The van der Waals surface area contributed by atoms with Crippen LogP contribution in [0.1, 0.15) is 93.8 Å². The molecule has 2 bridgehead atoms. The van der Waals surface area contributed by atoms with E-state index in [-0.39, 0.29) is 53.6 Å². The minimum absolute atomic E-state index is 0.0202. The molecule has 4 saturated heterocycles. The maximum Gasteiger partial charge on any atom is 0.409 e. The van der Waals surface area contributed by atoms with E-state index in [1.165, 1.54) is 18.5 Å². The summed E-state index contributed by atoms with van der Waals surface area (Å²) in [6.07, 6.45) is 14.2. The molecule has 5 aromatic rings. The third kappa shape index (κ3) is 8.19. The summed E-state index contributed by atoms with van der Waals surface area (Å²) in [5.41, 5.74) is 10.2. The Morgan fingerprint density at radius 3 is 2.26 bits per heavy atom. The number of anilines is 3. The molecule has 1 atom stereocenters. The SMILES string of the molecule is Nc1ncnc2c1c(-c1noc(C3CC3)c1-c1ncc(C3CCN(C(=O)OCCN4CCC(N5CCN(c6c(F)cc(NC7CCC(=O)NC7=O)cc6F)CC5)CC4)CC3)cn1)nn2C12CC(C1)C2. The van der Waals surface area contributed by atoms with Gasteiger partial charge in [0.2, 0.25) is 11.8 Å². The van der Waals surface area contributed by atoms with Gasteiger partial charge in [0, 0.05) is 82.3 Å². The Bertz CT molecular complexity index is 2750. The van der Waals surface area contributed by atoms with Gasteiger partial charge in [0.1, 0.15) is 41.9 Å². The van der Waals surface area contributed by atoms with E-state index in [9.17, 15) is 14.4 Å². The van der Waals surface area contributed by atoms with Crippen LogP contribution in [0.25, 0.3) is 33.8 Å². The molecule has 8 aliphatic rings. The normalized spacial score (nSPS) is 24.8. The molecule has 4 aliphatic heterocycles. The average molecular weight is 947 g/mol. The Balaban J connectivity index is 0.596. The summed E-state index contributed by atoms with van der Waals surface area (Å²) >= 11 is 0. The van der Waals surface area contributed by atoms with Crippen molar-refractivity contribution in [3.8, 4) is 22.8 Å². The Morgan fingerprint density at radius 2 is 1.59 bits per heavy atom. The van der Waals surface area contributed by atoms with Crippen LogP contribution in [0.2, 0.25) is 0 Å². The van der Waals surface area contributed by atoms with Crippen molar-refractivity contribution in [2.24, 2.45) is 5.92 Å².